The van der Waals surface area contributed by atoms with Gasteiger partial charge in [-0.3, -0.25) is 0 Å². The van der Waals surface area contributed by atoms with E-state index in [2.05, 4.69) is 53.0 Å². The molecule has 0 saturated heterocycles. The van der Waals surface area contributed by atoms with Gasteiger partial charge in [0.25, 0.3) is 0 Å². The van der Waals surface area contributed by atoms with E-state index in [0.717, 1.165) is 17.1 Å². The molecule has 90 valence electrons. The number of nitrogens with zero attached hydrogens (tertiary/aromatic N) is 2. The van der Waals surface area contributed by atoms with Crippen LogP contribution in [0.1, 0.15) is 16.8 Å². The number of hydrogen-bond donors (Lipinski definition) is 1. The lowest BCUT2D eigenvalue weighted by Crippen LogP contribution is -1.99. The third kappa shape index (κ3) is 2.15. The molecule has 0 aliphatic heterocycles. The van der Waals surface area contributed by atoms with Crippen molar-refractivity contribution >= 4 is 15.9 Å². The summed E-state index contributed by atoms with van der Waals surface area (Å²) in [7, 11) is 1.91. The third-order valence-electron chi connectivity index (χ3n) is 2.94. The first-order chi connectivity index (χ1) is 8.04. The lowest BCUT2D eigenvalue weighted by Gasteiger charge is -2.08. The number of aliphatic hydroxyl groups is 1. The Balaban J connectivity index is 2.61. The van der Waals surface area contributed by atoms with Crippen molar-refractivity contribution in [1.82, 2.24) is 9.55 Å². The lowest BCUT2D eigenvalue weighted by molar-refractivity contribution is 0.272. The largest absolute Gasteiger partial charge is 0.390 e. The van der Waals surface area contributed by atoms with Crippen molar-refractivity contribution in [2.24, 2.45) is 7.05 Å². The summed E-state index contributed by atoms with van der Waals surface area (Å²) < 4.78 is 2.62. The molecule has 2 aromatic rings. The van der Waals surface area contributed by atoms with Gasteiger partial charge in [-0.25, -0.2) is 4.98 Å². The number of aliphatic hydroxyl groups excluding tert-OH is 1. The number of hydrogen-bond acceptors (Lipinski definition) is 2. The Labute approximate surface area is 109 Å². The monoisotopic (exact) mass is 294 g/mol. The molecule has 4 heteroatoms. The van der Waals surface area contributed by atoms with Crippen LogP contribution in [0.5, 0.6) is 0 Å². The molecule has 0 aliphatic rings. The van der Waals surface area contributed by atoms with Crippen molar-refractivity contribution in [1.29, 1.82) is 0 Å². The molecule has 0 radical (unpaired) electrons. The van der Waals surface area contributed by atoms with E-state index >= 15 is 0 Å². The van der Waals surface area contributed by atoms with Crippen LogP contribution in [0, 0.1) is 13.8 Å². The smallest absolute Gasteiger partial charge is 0.141 e. The molecule has 2 rings (SSSR count). The average molecular weight is 295 g/mol. The van der Waals surface area contributed by atoms with Crippen molar-refractivity contribution in [3.05, 3.63) is 39.6 Å². The van der Waals surface area contributed by atoms with Crippen molar-refractivity contribution in [2.45, 2.75) is 20.5 Å². The van der Waals surface area contributed by atoms with E-state index in [1.807, 2.05) is 11.6 Å². The fourth-order valence-corrected chi connectivity index (χ4v) is 2.53. The van der Waals surface area contributed by atoms with Crippen LogP contribution in [0.15, 0.2) is 22.8 Å². The summed E-state index contributed by atoms with van der Waals surface area (Å²) in [5.74, 6) is 0.874. The number of aryl methyl sites for hydroxylation is 2. The van der Waals surface area contributed by atoms with E-state index in [9.17, 15) is 5.11 Å². The van der Waals surface area contributed by atoms with Gasteiger partial charge < -0.3 is 9.67 Å². The van der Waals surface area contributed by atoms with Crippen molar-refractivity contribution < 1.29 is 5.11 Å². The lowest BCUT2D eigenvalue weighted by atomic mass is 10.1. The number of halogens is 1. The Morgan fingerprint density at radius 3 is 2.59 bits per heavy atom. The van der Waals surface area contributed by atoms with Crippen LogP contribution >= 0.6 is 15.9 Å². The Kier molecular flexibility index (Phi) is 3.35. The Morgan fingerprint density at radius 2 is 2.06 bits per heavy atom. The minimum atomic E-state index is -0.0189. The Morgan fingerprint density at radius 1 is 1.35 bits per heavy atom. The fraction of sp³-hybridized carbons (Fsp3) is 0.308. The van der Waals surface area contributed by atoms with E-state index in [1.165, 1.54) is 11.1 Å². The zero-order valence-corrected chi connectivity index (χ0v) is 11.7. The molecule has 0 aliphatic carbocycles. The number of benzene rings is 1. The van der Waals surface area contributed by atoms with Crippen LogP contribution in [0.25, 0.3) is 11.4 Å². The topological polar surface area (TPSA) is 38.1 Å². The van der Waals surface area contributed by atoms with E-state index in [1.54, 1.807) is 0 Å². The maximum Gasteiger partial charge on any atom is 0.141 e. The molecule has 3 nitrogen and oxygen atoms in total. The molecule has 0 atom stereocenters. The second kappa shape index (κ2) is 4.63. The maximum absolute atomic E-state index is 9.28. The van der Waals surface area contributed by atoms with Gasteiger partial charge in [0, 0.05) is 12.6 Å². The summed E-state index contributed by atoms with van der Waals surface area (Å²) in [6, 6.07) is 6.28. The van der Waals surface area contributed by atoms with Gasteiger partial charge in [-0.05, 0) is 35.3 Å². The molecule has 1 heterocycles. The van der Waals surface area contributed by atoms with E-state index in [4.69, 9.17) is 0 Å². The molecule has 0 unspecified atom stereocenters. The van der Waals surface area contributed by atoms with E-state index in [0.29, 0.717) is 4.60 Å². The molecule has 0 bridgehead atoms. The number of rotatable bonds is 2. The average Bonchev–Trinajstić information content (AvgIpc) is 2.54. The Hall–Kier alpha value is -1.13. The highest BCUT2D eigenvalue weighted by molar-refractivity contribution is 9.10. The van der Waals surface area contributed by atoms with Crippen LogP contribution in [0.2, 0.25) is 0 Å². The molecule has 0 amide bonds. The van der Waals surface area contributed by atoms with Gasteiger partial charge in [0.1, 0.15) is 10.4 Å². The van der Waals surface area contributed by atoms with Gasteiger partial charge in [-0.2, -0.15) is 0 Å². The fourth-order valence-electron chi connectivity index (χ4n) is 1.98. The minimum Gasteiger partial charge on any atom is -0.390 e. The molecular weight excluding hydrogens is 280 g/mol. The molecular formula is C13H15BrN2O. The number of imidazole rings is 1. The molecule has 1 N–H and O–H groups in total. The van der Waals surface area contributed by atoms with Gasteiger partial charge in [0.05, 0.1) is 12.3 Å². The van der Waals surface area contributed by atoms with Gasteiger partial charge in [-0.1, -0.05) is 23.8 Å². The minimum absolute atomic E-state index is 0.0189. The first-order valence-corrected chi connectivity index (χ1v) is 6.23. The predicted molar refractivity (Wildman–Crippen MR) is 71.7 cm³/mol. The van der Waals surface area contributed by atoms with Gasteiger partial charge in [-0.15, -0.1) is 0 Å². The van der Waals surface area contributed by atoms with Gasteiger partial charge >= 0.3 is 0 Å². The molecule has 0 spiro atoms. The van der Waals surface area contributed by atoms with Crippen LogP contribution in [-0.4, -0.2) is 14.7 Å². The standard InChI is InChI=1S/C13H15BrN2O/c1-8-4-5-10(9(2)6-8)13-15-12(14)11(7-17)16(13)3/h4-6,17H,7H2,1-3H3. The zero-order valence-electron chi connectivity index (χ0n) is 10.2. The van der Waals surface area contributed by atoms with Gasteiger partial charge in [0.2, 0.25) is 0 Å². The second-order valence-corrected chi connectivity index (χ2v) is 4.96. The van der Waals surface area contributed by atoms with Gasteiger partial charge in [0.15, 0.2) is 0 Å². The van der Waals surface area contributed by atoms with Crippen molar-refractivity contribution in [3.8, 4) is 11.4 Å². The van der Waals surface area contributed by atoms with E-state index < -0.39 is 0 Å². The maximum atomic E-state index is 9.28. The second-order valence-electron chi connectivity index (χ2n) is 4.21. The highest BCUT2D eigenvalue weighted by Gasteiger charge is 2.14. The van der Waals surface area contributed by atoms with Crippen LogP contribution in [-0.2, 0) is 13.7 Å². The summed E-state index contributed by atoms with van der Waals surface area (Å²) in [4.78, 5) is 4.46. The quantitative estimate of drug-likeness (QED) is 0.925. The molecule has 0 fully saturated rings. The predicted octanol–water partition coefficient (Wildman–Crippen LogP) is 2.96. The number of aromatic nitrogens is 2. The first-order valence-electron chi connectivity index (χ1n) is 5.44. The van der Waals surface area contributed by atoms with Crippen LogP contribution in [0.3, 0.4) is 0 Å². The normalized spacial score (nSPS) is 10.9. The van der Waals surface area contributed by atoms with Crippen LogP contribution in [0.4, 0.5) is 0 Å². The van der Waals surface area contributed by atoms with Crippen molar-refractivity contribution in [3.63, 3.8) is 0 Å². The summed E-state index contributed by atoms with van der Waals surface area (Å²) in [5, 5.41) is 9.28. The SMILES string of the molecule is Cc1ccc(-c2nc(Br)c(CO)n2C)c(C)c1. The highest BCUT2D eigenvalue weighted by atomic mass is 79.9. The summed E-state index contributed by atoms with van der Waals surface area (Å²) in [6.07, 6.45) is 0. The summed E-state index contributed by atoms with van der Waals surface area (Å²) >= 11 is 3.37. The Bertz CT molecular complexity index is 561. The summed E-state index contributed by atoms with van der Waals surface area (Å²) in [6.45, 7) is 4.13. The van der Waals surface area contributed by atoms with Crippen molar-refractivity contribution in [2.75, 3.05) is 0 Å². The zero-order chi connectivity index (χ0) is 12.6. The van der Waals surface area contributed by atoms with Crippen LogP contribution < -0.4 is 0 Å². The first kappa shape index (κ1) is 12.3. The van der Waals surface area contributed by atoms with E-state index in [-0.39, 0.29) is 6.61 Å². The third-order valence-corrected chi connectivity index (χ3v) is 3.57. The molecule has 1 aromatic heterocycles. The highest BCUT2D eigenvalue weighted by Crippen LogP contribution is 2.27. The molecule has 1 aromatic carbocycles. The molecule has 0 saturated carbocycles. The molecule has 17 heavy (non-hydrogen) atoms. The summed E-state index contributed by atoms with van der Waals surface area (Å²) in [5.41, 5.74) is 4.32.